The molecule has 0 aliphatic rings. The second-order valence-corrected chi connectivity index (χ2v) is 2.06. The molecule has 1 N–H and O–H groups in total. The third kappa shape index (κ3) is 3.25. The number of ketones is 1. The Bertz CT molecular complexity index is 149. The average molecular weight is 144 g/mol. The van der Waals surface area contributed by atoms with Gasteiger partial charge in [0, 0.05) is 13.2 Å². The van der Waals surface area contributed by atoms with Crippen LogP contribution in [-0.2, 0) is 9.53 Å². The fourth-order valence-electron chi connectivity index (χ4n) is 0.446. The van der Waals surface area contributed by atoms with Gasteiger partial charge >= 0.3 is 0 Å². The first kappa shape index (κ1) is 9.17. The van der Waals surface area contributed by atoms with E-state index < -0.39 is 6.10 Å². The number of aliphatic hydroxyl groups is 1. The Labute approximate surface area is 60.3 Å². The predicted molar refractivity (Wildman–Crippen MR) is 37.9 cm³/mol. The zero-order valence-corrected chi connectivity index (χ0v) is 6.42. The molecule has 0 rings (SSSR count). The molecule has 10 heavy (non-hydrogen) atoms. The van der Waals surface area contributed by atoms with Crippen LogP contribution in [0.2, 0.25) is 0 Å². The van der Waals surface area contributed by atoms with Crippen LogP contribution in [0.5, 0.6) is 0 Å². The van der Waals surface area contributed by atoms with E-state index >= 15 is 0 Å². The SMILES string of the molecule is COC(C)/C(O)=C/C(C)=O. The number of hydrogen-bond acceptors (Lipinski definition) is 3. The summed E-state index contributed by atoms with van der Waals surface area (Å²) in [6.45, 7) is 3.04. The Hall–Kier alpha value is -0.830. The third-order valence-electron chi connectivity index (χ3n) is 1.12. The highest BCUT2D eigenvalue weighted by Crippen LogP contribution is 2.00. The lowest BCUT2D eigenvalue weighted by atomic mass is 10.3. The van der Waals surface area contributed by atoms with Gasteiger partial charge in [-0.2, -0.15) is 0 Å². The lowest BCUT2D eigenvalue weighted by Gasteiger charge is -2.06. The van der Waals surface area contributed by atoms with Gasteiger partial charge in [-0.1, -0.05) is 0 Å². The minimum absolute atomic E-state index is 0.0324. The molecule has 1 unspecified atom stereocenters. The highest BCUT2D eigenvalue weighted by molar-refractivity contribution is 5.87. The summed E-state index contributed by atoms with van der Waals surface area (Å²) in [5.74, 6) is -0.212. The van der Waals surface area contributed by atoms with Crippen LogP contribution < -0.4 is 0 Å². The van der Waals surface area contributed by atoms with Crippen molar-refractivity contribution in [1.29, 1.82) is 0 Å². The molecule has 0 aromatic heterocycles. The summed E-state index contributed by atoms with van der Waals surface area (Å²) >= 11 is 0. The van der Waals surface area contributed by atoms with Crippen molar-refractivity contribution in [2.24, 2.45) is 0 Å². The fraction of sp³-hybridized carbons (Fsp3) is 0.571. The molecule has 0 heterocycles. The van der Waals surface area contributed by atoms with Gasteiger partial charge in [-0.25, -0.2) is 0 Å². The van der Waals surface area contributed by atoms with Crippen LogP contribution in [0.15, 0.2) is 11.8 Å². The summed E-state index contributed by atoms with van der Waals surface area (Å²) < 4.78 is 4.74. The highest BCUT2D eigenvalue weighted by atomic mass is 16.5. The first-order valence-electron chi connectivity index (χ1n) is 3.02. The van der Waals surface area contributed by atoms with Gasteiger partial charge in [-0.05, 0) is 13.8 Å². The van der Waals surface area contributed by atoms with Gasteiger partial charge in [0.15, 0.2) is 5.78 Å². The maximum absolute atomic E-state index is 10.4. The third-order valence-corrected chi connectivity index (χ3v) is 1.12. The van der Waals surface area contributed by atoms with Gasteiger partial charge in [-0.15, -0.1) is 0 Å². The monoisotopic (exact) mass is 144 g/mol. The molecule has 58 valence electrons. The van der Waals surface area contributed by atoms with Crippen molar-refractivity contribution in [2.75, 3.05) is 7.11 Å². The van der Waals surface area contributed by atoms with Gasteiger partial charge in [-0.3, -0.25) is 4.79 Å². The van der Waals surface area contributed by atoms with Crippen molar-refractivity contribution < 1.29 is 14.6 Å². The molecule has 0 aliphatic heterocycles. The minimum Gasteiger partial charge on any atom is -0.509 e. The largest absolute Gasteiger partial charge is 0.509 e. The van der Waals surface area contributed by atoms with Crippen molar-refractivity contribution in [3.05, 3.63) is 11.8 Å². The summed E-state index contributed by atoms with van der Waals surface area (Å²) in [5, 5.41) is 9.00. The number of rotatable bonds is 3. The summed E-state index contributed by atoms with van der Waals surface area (Å²) in [5.41, 5.74) is 0. The van der Waals surface area contributed by atoms with Crippen molar-refractivity contribution in [1.82, 2.24) is 0 Å². The molecule has 0 aromatic carbocycles. The van der Waals surface area contributed by atoms with E-state index in [0.29, 0.717) is 0 Å². The van der Waals surface area contributed by atoms with Gasteiger partial charge in [0.2, 0.25) is 0 Å². The predicted octanol–water partition coefficient (Wildman–Crippen LogP) is 1.05. The van der Waals surface area contributed by atoms with Crippen molar-refractivity contribution in [3.8, 4) is 0 Å². The minimum atomic E-state index is -0.399. The molecule has 0 aromatic rings. The molecular formula is C7H12O3. The van der Waals surface area contributed by atoms with Crippen LogP contribution in [-0.4, -0.2) is 24.1 Å². The first-order chi connectivity index (χ1) is 4.57. The van der Waals surface area contributed by atoms with E-state index in [9.17, 15) is 4.79 Å². The lowest BCUT2D eigenvalue weighted by Crippen LogP contribution is -2.09. The zero-order valence-electron chi connectivity index (χ0n) is 6.42. The second kappa shape index (κ2) is 4.06. The zero-order chi connectivity index (χ0) is 8.15. The number of aliphatic hydroxyl groups excluding tert-OH is 1. The van der Waals surface area contributed by atoms with Gasteiger partial charge < -0.3 is 9.84 Å². The van der Waals surface area contributed by atoms with Crippen molar-refractivity contribution in [3.63, 3.8) is 0 Å². The highest BCUT2D eigenvalue weighted by Gasteiger charge is 2.04. The van der Waals surface area contributed by atoms with E-state index in [1.165, 1.54) is 14.0 Å². The summed E-state index contributed by atoms with van der Waals surface area (Å²) in [7, 11) is 1.47. The van der Waals surface area contributed by atoms with Crippen LogP contribution in [0, 0.1) is 0 Å². The van der Waals surface area contributed by atoms with E-state index in [1.54, 1.807) is 6.92 Å². The molecule has 0 saturated carbocycles. The Balaban J connectivity index is 4.04. The normalized spacial score (nSPS) is 14.9. The van der Waals surface area contributed by atoms with Crippen LogP contribution in [0.4, 0.5) is 0 Å². The number of methoxy groups -OCH3 is 1. The van der Waals surface area contributed by atoms with Crippen LogP contribution in [0.1, 0.15) is 13.8 Å². The smallest absolute Gasteiger partial charge is 0.156 e. The van der Waals surface area contributed by atoms with Crippen LogP contribution >= 0.6 is 0 Å². The number of ether oxygens (including phenoxy) is 1. The quantitative estimate of drug-likeness (QED) is 0.475. The number of allylic oxidation sites excluding steroid dienone is 1. The van der Waals surface area contributed by atoms with E-state index in [-0.39, 0.29) is 11.5 Å². The maximum Gasteiger partial charge on any atom is 0.156 e. The molecule has 3 nitrogen and oxygen atoms in total. The molecule has 0 saturated heterocycles. The summed E-state index contributed by atoms with van der Waals surface area (Å²) in [6.07, 6.45) is 0.748. The first-order valence-corrected chi connectivity index (χ1v) is 3.02. The molecule has 0 fully saturated rings. The van der Waals surface area contributed by atoms with Gasteiger partial charge in [0.05, 0.1) is 0 Å². The Kier molecular flexibility index (Phi) is 3.72. The molecule has 0 amide bonds. The molecule has 0 radical (unpaired) electrons. The van der Waals surface area contributed by atoms with Crippen LogP contribution in [0.25, 0.3) is 0 Å². The molecular weight excluding hydrogens is 132 g/mol. The molecule has 3 heteroatoms. The Morgan fingerprint density at radius 1 is 1.70 bits per heavy atom. The molecule has 0 aliphatic carbocycles. The van der Waals surface area contributed by atoms with Gasteiger partial charge in [0.1, 0.15) is 11.9 Å². The van der Waals surface area contributed by atoms with E-state index in [1.807, 2.05) is 0 Å². The number of carbonyl (C=O) groups is 1. The van der Waals surface area contributed by atoms with E-state index in [4.69, 9.17) is 9.84 Å². The Morgan fingerprint density at radius 2 is 2.20 bits per heavy atom. The average Bonchev–Trinajstić information content (AvgIpc) is 1.85. The van der Waals surface area contributed by atoms with E-state index in [0.717, 1.165) is 6.08 Å². The number of hydrogen-bond donors (Lipinski definition) is 1. The standard InChI is InChI=1S/C7H12O3/c1-5(8)4-7(9)6(2)10-3/h4,6,9H,1-3H3/b7-4-. The lowest BCUT2D eigenvalue weighted by molar-refractivity contribution is -0.112. The molecule has 0 spiro atoms. The second-order valence-electron chi connectivity index (χ2n) is 2.06. The topological polar surface area (TPSA) is 46.5 Å². The fourth-order valence-corrected chi connectivity index (χ4v) is 0.446. The molecule has 0 bridgehead atoms. The maximum atomic E-state index is 10.4. The number of carbonyl (C=O) groups excluding carboxylic acids is 1. The van der Waals surface area contributed by atoms with Crippen molar-refractivity contribution in [2.45, 2.75) is 20.0 Å². The van der Waals surface area contributed by atoms with Gasteiger partial charge in [0.25, 0.3) is 0 Å². The van der Waals surface area contributed by atoms with Crippen LogP contribution in [0.3, 0.4) is 0 Å². The molecule has 1 atom stereocenters. The summed E-state index contributed by atoms with van der Waals surface area (Å²) in [4.78, 5) is 10.4. The summed E-state index contributed by atoms with van der Waals surface area (Å²) in [6, 6.07) is 0. The van der Waals surface area contributed by atoms with Crippen molar-refractivity contribution >= 4 is 5.78 Å². The Morgan fingerprint density at radius 3 is 2.50 bits per heavy atom. The van der Waals surface area contributed by atoms with E-state index in [2.05, 4.69) is 0 Å².